The van der Waals surface area contributed by atoms with Crippen LogP contribution in [-0.2, 0) is 16.4 Å². The van der Waals surface area contributed by atoms with Crippen LogP contribution in [0.15, 0.2) is 34.5 Å². The van der Waals surface area contributed by atoms with Crippen LogP contribution < -0.4 is 10.0 Å². The van der Waals surface area contributed by atoms with Gasteiger partial charge in [0, 0.05) is 8.45 Å². The zero-order chi connectivity index (χ0) is 15.5. The molecule has 0 aliphatic carbocycles. The number of thiophene rings is 1. The van der Waals surface area contributed by atoms with Crippen molar-refractivity contribution in [3.8, 4) is 0 Å². The molecule has 0 aliphatic rings. The number of anilines is 1. The standard InChI is InChI=1S/C13H14ClIN2O2S2/c1-16-7-6-10-3-5-13(20-10)21(18,19)17-12-4-2-9(15)8-11(12)14/h2-5,8,16-17H,6-7H2,1H3. The molecule has 2 N–H and O–H groups in total. The molecule has 0 fully saturated rings. The number of hydrogen-bond acceptors (Lipinski definition) is 4. The highest BCUT2D eigenvalue weighted by Crippen LogP contribution is 2.28. The Morgan fingerprint density at radius 2 is 2.05 bits per heavy atom. The van der Waals surface area contributed by atoms with Crippen molar-refractivity contribution < 1.29 is 8.42 Å². The van der Waals surface area contributed by atoms with Crippen molar-refractivity contribution in [2.24, 2.45) is 0 Å². The summed E-state index contributed by atoms with van der Waals surface area (Å²) in [7, 11) is -1.73. The van der Waals surface area contributed by atoms with E-state index in [1.807, 2.05) is 13.1 Å². The van der Waals surface area contributed by atoms with Gasteiger partial charge in [-0.05, 0) is 72.9 Å². The first kappa shape index (κ1) is 17.0. The molecule has 1 aromatic carbocycles. The fourth-order valence-electron chi connectivity index (χ4n) is 1.65. The van der Waals surface area contributed by atoms with E-state index in [9.17, 15) is 8.42 Å². The molecule has 0 aliphatic heterocycles. The Bertz CT molecular complexity index is 732. The van der Waals surface area contributed by atoms with E-state index in [-0.39, 0.29) is 0 Å². The largest absolute Gasteiger partial charge is 0.319 e. The lowest BCUT2D eigenvalue weighted by Gasteiger charge is -2.08. The summed E-state index contributed by atoms with van der Waals surface area (Å²) in [6.45, 7) is 0.816. The number of sulfonamides is 1. The highest BCUT2D eigenvalue weighted by atomic mass is 127. The van der Waals surface area contributed by atoms with Gasteiger partial charge in [0.05, 0.1) is 10.7 Å². The molecule has 0 atom stereocenters. The quantitative estimate of drug-likeness (QED) is 0.654. The van der Waals surface area contributed by atoms with Gasteiger partial charge >= 0.3 is 0 Å². The minimum atomic E-state index is -3.59. The van der Waals surface area contributed by atoms with Crippen molar-refractivity contribution in [3.05, 3.63) is 43.8 Å². The lowest BCUT2D eigenvalue weighted by Crippen LogP contribution is -2.12. The first-order chi connectivity index (χ1) is 9.92. The summed E-state index contributed by atoms with van der Waals surface area (Å²) in [5.41, 5.74) is 0.391. The summed E-state index contributed by atoms with van der Waals surface area (Å²) in [6, 6.07) is 8.64. The van der Waals surface area contributed by atoms with Crippen LogP contribution in [-0.4, -0.2) is 22.0 Å². The van der Waals surface area contributed by atoms with Crippen molar-refractivity contribution in [1.29, 1.82) is 0 Å². The average Bonchev–Trinajstić information content (AvgIpc) is 2.89. The van der Waals surface area contributed by atoms with Gasteiger partial charge in [-0.15, -0.1) is 11.3 Å². The van der Waals surface area contributed by atoms with E-state index in [1.165, 1.54) is 11.3 Å². The fraction of sp³-hybridized carbons (Fsp3) is 0.231. The average molecular weight is 457 g/mol. The molecule has 1 heterocycles. The van der Waals surface area contributed by atoms with Gasteiger partial charge in [-0.25, -0.2) is 8.42 Å². The van der Waals surface area contributed by atoms with Crippen LogP contribution in [0.4, 0.5) is 5.69 Å². The molecule has 114 valence electrons. The van der Waals surface area contributed by atoms with Crippen LogP contribution in [0.25, 0.3) is 0 Å². The van der Waals surface area contributed by atoms with E-state index in [0.717, 1.165) is 21.4 Å². The van der Waals surface area contributed by atoms with Crippen LogP contribution in [0.2, 0.25) is 5.02 Å². The molecule has 0 radical (unpaired) electrons. The van der Waals surface area contributed by atoms with E-state index in [0.29, 0.717) is 14.9 Å². The molecule has 0 saturated carbocycles. The molecular weight excluding hydrogens is 443 g/mol. The van der Waals surface area contributed by atoms with Gasteiger partial charge in [-0.1, -0.05) is 11.6 Å². The van der Waals surface area contributed by atoms with E-state index < -0.39 is 10.0 Å². The molecule has 8 heteroatoms. The summed E-state index contributed by atoms with van der Waals surface area (Å²) >= 11 is 9.45. The summed E-state index contributed by atoms with van der Waals surface area (Å²) in [4.78, 5) is 1.03. The molecule has 4 nitrogen and oxygen atoms in total. The molecule has 0 spiro atoms. The second-order valence-corrected chi connectivity index (χ2v) is 9.03. The third kappa shape index (κ3) is 4.56. The zero-order valence-electron chi connectivity index (χ0n) is 11.2. The minimum Gasteiger partial charge on any atom is -0.319 e. The van der Waals surface area contributed by atoms with E-state index >= 15 is 0 Å². The summed E-state index contributed by atoms with van der Waals surface area (Å²) in [5.74, 6) is 0. The maximum atomic E-state index is 12.3. The van der Waals surface area contributed by atoms with Crippen molar-refractivity contribution >= 4 is 61.2 Å². The third-order valence-corrected chi connectivity index (χ3v) is 6.68. The first-order valence-corrected chi connectivity index (χ1v) is 9.89. The Morgan fingerprint density at radius 3 is 2.71 bits per heavy atom. The van der Waals surface area contributed by atoms with Crippen molar-refractivity contribution in [2.75, 3.05) is 18.3 Å². The fourth-order valence-corrected chi connectivity index (χ4v) is 5.05. The highest BCUT2D eigenvalue weighted by Gasteiger charge is 2.18. The van der Waals surface area contributed by atoms with Crippen molar-refractivity contribution in [3.63, 3.8) is 0 Å². The number of likely N-dealkylation sites (N-methyl/N-ethyl adjacent to an activating group) is 1. The zero-order valence-corrected chi connectivity index (χ0v) is 15.7. The monoisotopic (exact) mass is 456 g/mol. The maximum Gasteiger partial charge on any atom is 0.271 e. The van der Waals surface area contributed by atoms with Crippen molar-refractivity contribution in [2.45, 2.75) is 10.6 Å². The maximum absolute atomic E-state index is 12.3. The number of benzene rings is 1. The Labute approximate surface area is 147 Å². The number of rotatable bonds is 6. The minimum absolute atomic E-state index is 0.295. The van der Waals surface area contributed by atoms with Gasteiger partial charge in [0.2, 0.25) is 0 Å². The van der Waals surface area contributed by atoms with Gasteiger partial charge < -0.3 is 5.32 Å². The number of halogens is 2. The normalized spacial score (nSPS) is 11.6. The molecule has 0 bridgehead atoms. The molecule has 21 heavy (non-hydrogen) atoms. The Kier molecular flexibility index (Phi) is 5.89. The summed E-state index contributed by atoms with van der Waals surface area (Å²) < 4.78 is 28.5. The highest BCUT2D eigenvalue weighted by molar-refractivity contribution is 14.1. The Hall–Kier alpha value is -0.350. The van der Waals surface area contributed by atoms with Gasteiger partial charge in [0.25, 0.3) is 10.0 Å². The smallest absolute Gasteiger partial charge is 0.271 e. The predicted molar refractivity (Wildman–Crippen MR) is 96.9 cm³/mol. The first-order valence-electron chi connectivity index (χ1n) is 6.13. The SMILES string of the molecule is CNCCc1ccc(S(=O)(=O)Nc2ccc(I)cc2Cl)s1. The molecule has 0 amide bonds. The topological polar surface area (TPSA) is 58.2 Å². The van der Waals surface area contributed by atoms with Gasteiger partial charge in [-0.3, -0.25) is 4.72 Å². The molecule has 2 aromatic rings. The molecule has 0 unspecified atom stereocenters. The lowest BCUT2D eigenvalue weighted by molar-refractivity contribution is 0.603. The molecule has 0 saturated heterocycles. The number of nitrogens with one attached hydrogen (secondary N) is 2. The lowest BCUT2D eigenvalue weighted by atomic mass is 10.3. The second kappa shape index (κ2) is 7.28. The predicted octanol–water partition coefficient (Wildman–Crippen LogP) is 3.57. The molecular formula is C13H14ClIN2O2S2. The Balaban J connectivity index is 2.19. The third-order valence-electron chi connectivity index (χ3n) is 2.70. The second-order valence-electron chi connectivity index (χ2n) is 4.30. The van der Waals surface area contributed by atoms with E-state index in [1.54, 1.807) is 24.3 Å². The number of hydrogen-bond donors (Lipinski definition) is 2. The van der Waals surface area contributed by atoms with Crippen LogP contribution in [0, 0.1) is 3.57 Å². The van der Waals surface area contributed by atoms with Crippen LogP contribution in [0.1, 0.15) is 4.88 Å². The Morgan fingerprint density at radius 1 is 1.29 bits per heavy atom. The van der Waals surface area contributed by atoms with Crippen LogP contribution >= 0.6 is 45.5 Å². The van der Waals surface area contributed by atoms with E-state index in [2.05, 4.69) is 32.6 Å². The van der Waals surface area contributed by atoms with E-state index in [4.69, 9.17) is 11.6 Å². The van der Waals surface area contributed by atoms with Gasteiger partial charge in [-0.2, -0.15) is 0 Å². The summed E-state index contributed by atoms with van der Waals surface area (Å²) in [5, 5.41) is 3.43. The van der Waals surface area contributed by atoms with Crippen LogP contribution in [0.5, 0.6) is 0 Å². The summed E-state index contributed by atoms with van der Waals surface area (Å²) in [6.07, 6.45) is 0.807. The van der Waals surface area contributed by atoms with Crippen LogP contribution in [0.3, 0.4) is 0 Å². The van der Waals surface area contributed by atoms with Crippen molar-refractivity contribution in [1.82, 2.24) is 5.32 Å². The molecule has 2 rings (SSSR count). The van der Waals surface area contributed by atoms with Gasteiger partial charge in [0.1, 0.15) is 4.21 Å². The molecule has 1 aromatic heterocycles. The van der Waals surface area contributed by atoms with Gasteiger partial charge in [0.15, 0.2) is 0 Å².